The molecule has 1 aliphatic heterocycles. The van der Waals surface area contributed by atoms with E-state index in [1.54, 1.807) is 0 Å². The van der Waals surface area contributed by atoms with Crippen molar-refractivity contribution in [1.82, 2.24) is 9.47 Å². The molecule has 0 N–H and O–H groups in total. The van der Waals surface area contributed by atoms with Gasteiger partial charge in [0.1, 0.15) is 0 Å². The molecule has 0 unspecified atom stereocenters. The third kappa shape index (κ3) is 2.88. The van der Waals surface area contributed by atoms with Crippen LogP contribution in [0, 0.1) is 6.92 Å². The molecule has 0 saturated carbocycles. The zero-order chi connectivity index (χ0) is 16.7. The number of carbonyl (C=O) groups is 1. The van der Waals surface area contributed by atoms with Crippen molar-refractivity contribution in [2.24, 2.45) is 0 Å². The fraction of sp³-hybridized carbons (Fsp3) is 0.526. The van der Waals surface area contributed by atoms with Crippen molar-refractivity contribution in [3.63, 3.8) is 0 Å². The smallest absolute Gasteiger partial charge is 0.310 e. The lowest BCUT2D eigenvalue weighted by Gasteiger charge is -2.08. The molecule has 1 aliphatic rings. The van der Waals surface area contributed by atoms with Gasteiger partial charge >= 0.3 is 5.97 Å². The van der Waals surface area contributed by atoms with Crippen LogP contribution in [-0.4, -0.2) is 28.6 Å². The van der Waals surface area contributed by atoms with Gasteiger partial charge in [-0.1, -0.05) is 0 Å². The summed E-state index contributed by atoms with van der Waals surface area (Å²) in [6, 6.07) is 4.59. The van der Waals surface area contributed by atoms with E-state index in [2.05, 4.69) is 42.5 Å². The Morgan fingerprint density at radius 1 is 1.26 bits per heavy atom. The van der Waals surface area contributed by atoms with Gasteiger partial charge in [-0.25, -0.2) is 0 Å². The van der Waals surface area contributed by atoms with Crippen molar-refractivity contribution >= 4 is 16.9 Å². The number of carbonyl (C=O) groups excluding carboxylic acids is 1. The standard InChI is InChI=1S/C19H26N2O2/c1-6-21-13(4)16(9-19(22)23-12(2)3)17-7-14-10-20(5)11-15(14)8-18(17)21/h7-8,12H,6,9-11H2,1-5H3. The second kappa shape index (κ2) is 6.00. The van der Waals surface area contributed by atoms with Crippen molar-refractivity contribution in [3.8, 4) is 0 Å². The van der Waals surface area contributed by atoms with Crippen LogP contribution in [0.5, 0.6) is 0 Å². The molecular weight excluding hydrogens is 288 g/mol. The summed E-state index contributed by atoms with van der Waals surface area (Å²) in [5.41, 5.74) is 6.33. The summed E-state index contributed by atoms with van der Waals surface area (Å²) in [6.45, 7) is 10.9. The average Bonchev–Trinajstić information content (AvgIpc) is 2.93. The van der Waals surface area contributed by atoms with E-state index in [1.165, 1.54) is 27.7 Å². The number of nitrogens with zero attached hydrogens (tertiary/aromatic N) is 2. The van der Waals surface area contributed by atoms with Crippen LogP contribution in [-0.2, 0) is 35.6 Å². The molecule has 1 aromatic heterocycles. The Balaban J connectivity index is 2.08. The summed E-state index contributed by atoms with van der Waals surface area (Å²) in [4.78, 5) is 14.5. The highest BCUT2D eigenvalue weighted by molar-refractivity contribution is 5.90. The first-order valence-electron chi connectivity index (χ1n) is 8.42. The number of ether oxygens (including phenoxy) is 1. The van der Waals surface area contributed by atoms with Gasteiger partial charge in [0.25, 0.3) is 0 Å². The molecule has 4 heteroatoms. The van der Waals surface area contributed by atoms with E-state index in [-0.39, 0.29) is 12.1 Å². The van der Waals surface area contributed by atoms with Crippen LogP contribution < -0.4 is 0 Å². The minimum Gasteiger partial charge on any atom is -0.463 e. The minimum atomic E-state index is -0.143. The van der Waals surface area contributed by atoms with Gasteiger partial charge in [-0.3, -0.25) is 9.69 Å². The third-order valence-electron chi connectivity index (χ3n) is 4.66. The Labute approximate surface area is 138 Å². The van der Waals surface area contributed by atoms with Gasteiger partial charge in [0.2, 0.25) is 0 Å². The highest BCUT2D eigenvalue weighted by Gasteiger charge is 2.22. The minimum absolute atomic E-state index is 0.0692. The summed E-state index contributed by atoms with van der Waals surface area (Å²) in [7, 11) is 2.14. The number of fused-ring (bicyclic) bond motifs is 2. The number of aromatic nitrogens is 1. The van der Waals surface area contributed by atoms with Crippen molar-refractivity contribution in [2.75, 3.05) is 7.05 Å². The fourth-order valence-corrected chi connectivity index (χ4v) is 3.69. The zero-order valence-corrected chi connectivity index (χ0v) is 14.8. The molecule has 2 heterocycles. The predicted molar refractivity (Wildman–Crippen MR) is 92.5 cm³/mol. The Morgan fingerprint density at radius 2 is 1.91 bits per heavy atom. The second-order valence-corrected chi connectivity index (χ2v) is 6.83. The summed E-state index contributed by atoms with van der Waals surface area (Å²) >= 11 is 0. The SMILES string of the molecule is CCn1c(C)c(CC(=O)OC(C)C)c2cc3c(cc21)CN(C)C3. The zero-order valence-electron chi connectivity index (χ0n) is 14.8. The maximum Gasteiger partial charge on any atom is 0.310 e. The highest BCUT2D eigenvalue weighted by Crippen LogP contribution is 2.32. The summed E-state index contributed by atoms with van der Waals surface area (Å²) in [5.74, 6) is -0.143. The molecule has 0 radical (unpaired) electrons. The average molecular weight is 314 g/mol. The molecular formula is C19H26N2O2. The topological polar surface area (TPSA) is 34.5 Å². The Hall–Kier alpha value is -1.81. The Bertz CT molecular complexity index is 759. The molecule has 0 atom stereocenters. The van der Waals surface area contributed by atoms with E-state index in [9.17, 15) is 4.79 Å². The normalized spacial score (nSPS) is 14.7. The molecule has 23 heavy (non-hydrogen) atoms. The van der Waals surface area contributed by atoms with E-state index >= 15 is 0 Å². The first-order chi connectivity index (χ1) is 10.9. The third-order valence-corrected chi connectivity index (χ3v) is 4.66. The van der Waals surface area contributed by atoms with Crippen LogP contribution in [0.2, 0.25) is 0 Å². The summed E-state index contributed by atoms with van der Waals surface area (Å²) in [6.07, 6.45) is 0.280. The van der Waals surface area contributed by atoms with E-state index in [1.807, 2.05) is 13.8 Å². The van der Waals surface area contributed by atoms with Crippen LogP contribution in [0.15, 0.2) is 12.1 Å². The molecule has 0 spiro atoms. The maximum atomic E-state index is 12.2. The molecule has 0 bridgehead atoms. The first kappa shape index (κ1) is 16.1. The summed E-state index contributed by atoms with van der Waals surface area (Å²) < 4.78 is 7.67. The van der Waals surface area contributed by atoms with Gasteiger partial charge in [-0.2, -0.15) is 0 Å². The molecule has 4 nitrogen and oxygen atoms in total. The van der Waals surface area contributed by atoms with Crippen LogP contribution in [0.4, 0.5) is 0 Å². The lowest BCUT2D eigenvalue weighted by Crippen LogP contribution is -2.14. The molecule has 2 aromatic rings. The molecule has 0 fully saturated rings. The first-order valence-corrected chi connectivity index (χ1v) is 8.42. The maximum absolute atomic E-state index is 12.2. The van der Waals surface area contributed by atoms with E-state index in [4.69, 9.17) is 4.74 Å². The monoisotopic (exact) mass is 314 g/mol. The lowest BCUT2D eigenvalue weighted by atomic mass is 10.0. The van der Waals surface area contributed by atoms with Gasteiger partial charge in [0.05, 0.1) is 12.5 Å². The largest absolute Gasteiger partial charge is 0.463 e. The molecule has 0 saturated heterocycles. The number of benzene rings is 1. The van der Waals surface area contributed by atoms with Gasteiger partial charge in [-0.05, 0) is 63.6 Å². The van der Waals surface area contributed by atoms with Crippen molar-refractivity contribution in [1.29, 1.82) is 0 Å². The highest BCUT2D eigenvalue weighted by atomic mass is 16.5. The van der Waals surface area contributed by atoms with E-state index < -0.39 is 0 Å². The number of rotatable bonds is 4. The molecule has 1 aromatic carbocycles. The van der Waals surface area contributed by atoms with Crippen LogP contribution >= 0.6 is 0 Å². The Morgan fingerprint density at radius 3 is 2.52 bits per heavy atom. The predicted octanol–water partition coefficient (Wildman–Crippen LogP) is 3.41. The van der Waals surface area contributed by atoms with Crippen molar-refractivity contribution < 1.29 is 9.53 Å². The number of aryl methyl sites for hydroxylation is 1. The molecule has 0 aliphatic carbocycles. The van der Waals surface area contributed by atoms with Gasteiger partial charge in [-0.15, -0.1) is 0 Å². The van der Waals surface area contributed by atoms with Crippen LogP contribution in [0.3, 0.4) is 0 Å². The molecule has 0 amide bonds. The Kier molecular flexibility index (Phi) is 4.19. The van der Waals surface area contributed by atoms with Gasteiger partial charge in [0, 0.05) is 36.2 Å². The number of esters is 1. The van der Waals surface area contributed by atoms with Gasteiger partial charge in [0.15, 0.2) is 0 Å². The van der Waals surface area contributed by atoms with E-state index in [0.29, 0.717) is 6.42 Å². The molecule has 3 rings (SSSR count). The quantitative estimate of drug-likeness (QED) is 0.811. The second-order valence-electron chi connectivity index (χ2n) is 6.83. The van der Waals surface area contributed by atoms with Crippen molar-refractivity contribution in [2.45, 2.75) is 59.9 Å². The number of hydrogen-bond acceptors (Lipinski definition) is 3. The summed E-state index contributed by atoms with van der Waals surface area (Å²) in [5, 5.41) is 1.21. The van der Waals surface area contributed by atoms with Crippen LogP contribution in [0.1, 0.15) is 43.2 Å². The van der Waals surface area contributed by atoms with E-state index in [0.717, 1.165) is 25.2 Å². The van der Waals surface area contributed by atoms with Gasteiger partial charge < -0.3 is 9.30 Å². The van der Waals surface area contributed by atoms with Crippen molar-refractivity contribution in [3.05, 3.63) is 34.5 Å². The molecule has 124 valence electrons. The fourth-order valence-electron chi connectivity index (χ4n) is 3.69. The van der Waals surface area contributed by atoms with Crippen LogP contribution in [0.25, 0.3) is 10.9 Å². The number of hydrogen-bond donors (Lipinski definition) is 0. The lowest BCUT2D eigenvalue weighted by molar-refractivity contribution is -0.146.